The van der Waals surface area contributed by atoms with E-state index in [1.165, 1.54) is 11.3 Å². The van der Waals surface area contributed by atoms with Gasteiger partial charge in [-0.3, -0.25) is 5.11 Å². The van der Waals surface area contributed by atoms with Gasteiger partial charge in [0.15, 0.2) is 10.9 Å². The first-order valence-electron chi connectivity index (χ1n) is 7.93. The number of ether oxygens (including phenoxy) is 1. The van der Waals surface area contributed by atoms with E-state index in [0.717, 1.165) is 47.0 Å². The van der Waals surface area contributed by atoms with Crippen LogP contribution in [0.25, 0.3) is 10.2 Å². The zero-order valence-corrected chi connectivity index (χ0v) is 14.5. The molecule has 0 unspecified atom stereocenters. The van der Waals surface area contributed by atoms with Gasteiger partial charge in [-0.15, -0.1) is 0 Å². The Morgan fingerprint density at radius 3 is 2.71 bits per heavy atom. The van der Waals surface area contributed by atoms with E-state index in [4.69, 9.17) is 16.3 Å². The van der Waals surface area contributed by atoms with Crippen molar-refractivity contribution in [2.75, 3.05) is 18.0 Å². The molecule has 0 atom stereocenters. The van der Waals surface area contributed by atoms with Crippen LogP contribution in [-0.4, -0.2) is 24.2 Å². The minimum atomic E-state index is 0.0513. The van der Waals surface area contributed by atoms with Crippen LogP contribution in [0.5, 0.6) is 11.5 Å². The van der Waals surface area contributed by atoms with Crippen LogP contribution in [0.4, 0.5) is 5.13 Å². The van der Waals surface area contributed by atoms with E-state index >= 15 is 0 Å². The minimum Gasteiger partial charge on any atom is -0.490 e. The van der Waals surface area contributed by atoms with Crippen molar-refractivity contribution >= 4 is 38.3 Å². The molecule has 0 spiro atoms. The molecule has 4 nitrogen and oxygen atoms in total. The van der Waals surface area contributed by atoms with Crippen LogP contribution >= 0.6 is 22.9 Å². The highest BCUT2D eigenvalue weighted by molar-refractivity contribution is 7.22. The summed E-state index contributed by atoms with van der Waals surface area (Å²) in [5.41, 5.74) is 0.791. The van der Waals surface area contributed by atoms with E-state index in [-0.39, 0.29) is 11.9 Å². The number of piperidine rings is 1. The predicted molar refractivity (Wildman–Crippen MR) is 97.1 cm³/mol. The third-order valence-corrected chi connectivity index (χ3v) is 5.56. The van der Waals surface area contributed by atoms with Crippen molar-refractivity contribution in [2.45, 2.75) is 18.9 Å². The van der Waals surface area contributed by atoms with E-state index in [1.54, 1.807) is 12.1 Å². The Bertz CT molecular complexity index is 859. The van der Waals surface area contributed by atoms with Crippen molar-refractivity contribution in [3.63, 3.8) is 0 Å². The van der Waals surface area contributed by atoms with Crippen molar-refractivity contribution in [1.29, 1.82) is 0 Å². The molecule has 2 heterocycles. The number of benzene rings is 2. The Morgan fingerprint density at radius 2 is 1.96 bits per heavy atom. The number of aromatic nitrogens is 1. The van der Waals surface area contributed by atoms with Crippen LogP contribution in [0.3, 0.4) is 0 Å². The van der Waals surface area contributed by atoms with Gasteiger partial charge in [0.25, 0.3) is 0 Å². The SMILES string of the molecule is [O]c1cccc2nc(N3CCC(Oc4cccc(Cl)c4)CC3)sc12. The molecular weight excluding hydrogens is 344 g/mol. The van der Waals surface area contributed by atoms with Crippen molar-refractivity contribution in [3.05, 3.63) is 47.5 Å². The molecular formula is C18H16ClN2O2S. The number of anilines is 1. The maximum absolute atomic E-state index is 11.9. The third kappa shape index (κ3) is 3.14. The zero-order valence-electron chi connectivity index (χ0n) is 12.9. The first-order valence-corrected chi connectivity index (χ1v) is 9.12. The summed E-state index contributed by atoms with van der Waals surface area (Å²) in [4.78, 5) is 6.84. The van der Waals surface area contributed by atoms with Crippen molar-refractivity contribution in [3.8, 4) is 11.5 Å². The van der Waals surface area contributed by atoms with Gasteiger partial charge in [0.1, 0.15) is 16.6 Å². The van der Waals surface area contributed by atoms with E-state index in [1.807, 2.05) is 30.3 Å². The molecule has 0 amide bonds. The molecule has 0 saturated carbocycles. The van der Waals surface area contributed by atoms with E-state index < -0.39 is 0 Å². The average Bonchev–Trinajstić information content (AvgIpc) is 3.01. The first-order chi connectivity index (χ1) is 11.7. The van der Waals surface area contributed by atoms with Gasteiger partial charge in [0.05, 0.1) is 5.52 Å². The molecule has 1 aliphatic rings. The lowest BCUT2D eigenvalue weighted by atomic mass is 10.1. The number of hydrogen-bond acceptors (Lipinski definition) is 4. The highest BCUT2D eigenvalue weighted by Gasteiger charge is 2.23. The fourth-order valence-corrected chi connectivity index (χ4v) is 4.15. The van der Waals surface area contributed by atoms with Gasteiger partial charge in [-0.1, -0.05) is 35.1 Å². The largest absolute Gasteiger partial charge is 0.490 e. The van der Waals surface area contributed by atoms with Crippen LogP contribution < -0.4 is 9.64 Å². The molecule has 0 aliphatic carbocycles. The molecule has 6 heteroatoms. The van der Waals surface area contributed by atoms with E-state index in [0.29, 0.717) is 5.02 Å². The number of thiazole rings is 1. The Morgan fingerprint density at radius 1 is 1.17 bits per heavy atom. The Hall–Kier alpha value is -1.98. The molecule has 4 rings (SSSR count). The maximum atomic E-state index is 11.9. The number of hydrogen-bond donors (Lipinski definition) is 0. The molecule has 2 aromatic carbocycles. The highest BCUT2D eigenvalue weighted by atomic mass is 35.5. The van der Waals surface area contributed by atoms with Crippen molar-refractivity contribution in [2.24, 2.45) is 0 Å². The van der Waals surface area contributed by atoms with Crippen LogP contribution in [0.2, 0.25) is 5.02 Å². The van der Waals surface area contributed by atoms with Crippen LogP contribution in [-0.2, 0) is 5.11 Å². The fourth-order valence-electron chi connectivity index (χ4n) is 2.94. The smallest absolute Gasteiger partial charge is 0.198 e. The molecule has 1 aromatic heterocycles. The Kier molecular flexibility index (Phi) is 4.21. The van der Waals surface area contributed by atoms with Gasteiger partial charge < -0.3 is 9.64 Å². The highest BCUT2D eigenvalue weighted by Crippen LogP contribution is 2.36. The molecule has 24 heavy (non-hydrogen) atoms. The first kappa shape index (κ1) is 15.5. The second-order valence-corrected chi connectivity index (χ2v) is 7.28. The summed E-state index contributed by atoms with van der Waals surface area (Å²) < 4.78 is 6.76. The monoisotopic (exact) mass is 359 g/mol. The lowest BCUT2D eigenvalue weighted by Gasteiger charge is -2.31. The van der Waals surface area contributed by atoms with Crippen LogP contribution in [0.15, 0.2) is 42.5 Å². The number of rotatable bonds is 3. The summed E-state index contributed by atoms with van der Waals surface area (Å²) in [6.45, 7) is 1.75. The third-order valence-electron chi connectivity index (χ3n) is 4.18. The molecule has 123 valence electrons. The lowest BCUT2D eigenvalue weighted by Crippen LogP contribution is -2.38. The van der Waals surface area contributed by atoms with Gasteiger partial charge >= 0.3 is 0 Å². The van der Waals surface area contributed by atoms with Crippen LogP contribution in [0.1, 0.15) is 12.8 Å². The lowest BCUT2D eigenvalue weighted by molar-refractivity contribution is 0.171. The molecule has 1 saturated heterocycles. The molecule has 3 aromatic rings. The standard InChI is InChI=1S/C18H16ClN2O2S/c19-12-3-1-4-14(11-12)23-13-7-9-21(10-8-13)18-20-15-5-2-6-16(22)17(15)24-18/h1-6,11,13H,7-10H2. The second-order valence-electron chi connectivity index (χ2n) is 5.86. The Labute approximate surface area is 149 Å². The molecule has 1 aliphatic heterocycles. The van der Waals surface area contributed by atoms with Gasteiger partial charge in [-0.25, -0.2) is 4.98 Å². The van der Waals surface area contributed by atoms with E-state index in [2.05, 4.69) is 9.88 Å². The molecule has 1 radical (unpaired) electrons. The number of nitrogens with zero attached hydrogens (tertiary/aromatic N) is 2. The predicted octanol–water partition coefficient (Wildman–Crippen LogP) is 5.14. The molecule has 0 N–H and O–H groups in total. The fraction of sp³-hybridized carbons (Fsp3) is 0.278. The van der Waals surface area contributed by atoms with Gasteiger partial charge in [0, 0.05) is 31.0 Å². The molecule has 1 fully saturated rings. The van der Waals surface area contributed by atoms with Crippen molar-refractivity contribution in [1.82, 2.24) is 4.98 Å². The quantitative estimate of drug-likeness (QED) is 0.650. The summed E-state index contributed by atoms with van der Waals surface area (Å²) >= 11 is 7.48. The van der Waals surface area contributed by atoms with Crippen molar-refractivity contribution < 1.29 is 9.84 Å². The summed E-state index contributed by atoms with van der Waals surface area (Å²) in [7, 11) is 0. The minimum absolute atomic E-state index is 0.0513. The topological polar surface area (TPSA) is 45.3 Å². The van der Waals surface area contributed by atoms with E-state index in [9.17, 15) is 5.11 Å². The number of halogens is 1. The number of fused-ring (bicyclic) bond motifs is 1. The van der Waals surface area contributed by atoms with Gasteiger partial charge in [-0.2, -0.15) is 0 Å². The summed E-state index contributed by atoms with van der Waals surface area (Å²) in [5, 5.41) is 13.5. The Balaban J connectivity index is 1.42. The average molecular weight is 360 g/mol. The van der Waals surface area contributed by atoms with Gasteiger partial charge in [-0.05, 0) is 30.3 Å². The normalized spacial score (nSPS) is 15.8. The maximum Gasteiger partial charge on any atom is 0.198 e. The van der Waals surface area contributed by atoms with Gasteiger partial charge in [0.2, 0.25) is 0 Å². The summed E-state index contributed by atoms with van der Waals surface area (Å²) in [6.07, 6.45) is 2.03. The second kappa shape index (κ2) is 6.49. The molecule has 0 bridgehead atoms. The van der Waals surface area contributed by atoms with Crippen LogP contribution in [0, 0.1) is 0 Å². The summed E-state index contributed by atoms with van der Waals surface area (Å²) in [5.74, 6) is 0.868. The zero-order chi connectivity index (χ0) is 16.5. The summed E-state index contributed by atoms with van der Waals surface area (Å²) in [6, 6.07) is 12.8.